The highest BCUT2D eigenvalue weighted by Crippen LogP contribution is 2.25. The predicted octanol–water partition coefficient (Wildman–Crippen LogP) is 3.20. The molecule has 7 nitrogen and oxygen atoms in total. The van der Waals surface area contributed by atoms with E-state index in [1.54, 1.807) is 24.5 Å². The Kier molecular flexibility index (Phi) is 5.58. The van der Waals surface area contributed by atoms with Gasteiger partial charge in [-0.15, -0.1) is 11.3 Å². The Balaban J connectivity index is 1.63. The average molecular weight is 439 g/mol. The summed E-state index contributed by atoms with van der Waals surface area (Å²) in [6.45, 7) is 0.224. The molecule has 9 heteroatoms. The van der Waals surface area contributed by atoms with E-state index < -0.39 is 10.0 Å². The number of carbonyl (C=O) groups is 1. The van der Waals surface area contributed by atoms with Crippen molar-refractivity contribution in [2.45, 2.75) is 10.8 Å². The minimum atomic E-state index is -3.49. The van der Waals surface area contributed by atoms with Crippen LogP contribution in [-0.2, 0) is 16.6 Å². The molecule has 0 atom stereocenters. The molecular formula is C21H18N4O3S2. The Labute approximate surface area is 177 Å². The van der Waals surface area contributed by atoms with Gasteiger partial charge in [0.2, 0.25) is 10.0 Å². The smallest absolute Gasteiger partial charge is 0.252 e. The van der Waals surface area contributed by atoms with Gasteiger partial charge in [0.1, 0.15) is 4.21 Å². The summed E-state index contributed by atoms with van der Waals surface area (Å²) in [6.07, 6.45) is 3.38. The standard InChI is InChI=1S/C21H18N4O3S2/c1-22-30(27,28)20-9-8-15(29-20)13-24-21(26)17-11-19(14-5-4-10-23-12-14)25-18-7-3-2-6-16(17)18/h2-12,22H,13H2,1H3,(H,24,26). The van der Waals surface area contributed by atoms with Crippen molar-refractivity contribution in [2.24, 2.45) is 0 Å². The summed E-state index contributed by atoms with van der Waals surface area (Å²) in [7, 11) is -2.13. The number of hydrogen-bond donors (Lipinski definition) is 2. The van der Waals surface area contributed by atoms with Gasteiger partial charge in [0, 0.05) is 28.2 Å². The molecule has 3 aromatic heterocycles. The second-order valence-corrected chi connectivity index (χ2v) is 9.71. The summed E-state index contributed by atoms with van der Waals surface area (Å²) < 4.78 is 26.3. The zero-order valence-electron chi connectivity index (χ0n) is 16.0. The number of nitrogens with one attached hydrogen (secondary N) is 2. The summed E-state index contributed by atoms with van der Waals surface area (Å²) in [5.41, 5.74) is 2.68. The summed E-state index contributed by atoms with van der Waals surface area (Å²) in [6, 6.07) is 16.1. The topological polar surface area (TPSA) is 101 Å². The molecule has 0 saturated heterocycles. The van der Waals surface area contributed by atoms with E-state index in [9.17, 15) is 13.2 Å². The molecule has 2 N–H and O–H groups in total. The fraction of sp³-hybridized carbons (Fsp3) is 0.0952. The van der Waals surface area contributed by atoms with Crippen molar-refractivity contribution in [3.8, 4) is 11.3 Å². The minimum absolute atomic E-state index is 0.211. The van der Waals surface area contributed by atoms with Crippen LogP contribution in [0.2, 0.25) is 0 Å². The molecule has 0 fully saturated rings. The lowest BCUT2D eigenvalue weighted by Crippen LogP contribution is -2.23. The lowest BCUT2D eigenvalue weighted by atomic mass is 10.0. The van der Waals surface area contributed by atoms with E-state index in [4.69, 9.17) is 0 Å². The maximum absolute atomic E-state index is 13.0. The highest BCUT2D eigenvalue weighted by atomic mass is 32.2. The van der Waals surface area contributed by atoms with Crippen LogP contribution in [0.1, 0.15) is 15.2 Å². The molecule has 0 bridgehead atoms. The Hall–Kier alpha value is -3.14. The van der Waals surface area contributed by atoms with Crippen molar-refractivity contribution in [3.63, 3.8) is 0 Å². The van der Waals surface area contributed by atoms with Gasteiger partial charge in [0.05, 0.1) is 23.3 Å². The zero-order valence-corrected chi connectivity index (χ0v) is 17.6. The number of amides is 1. The minimum Gasteiger partial charge on any atom is -0.347 e. The van der Waals surface area contributed by atoms with E-state index in [0.717, 1.165) is 27.2 Å². The Morgan fingerprint density at radius 1 is 1.10 bits per heavy atom. The number of nitrogens with zero attached hydrogens (tertiary/aromatic N) is 2. The van der Waals surface area contributed by atoms with Gasteiger partial charge < -0.3 is 5.32 Å². The van der Waals surface area contributed by atoms with Crippen molar-refractivity contribution >= 4 is 38.2 Å². The lowest BCUT2D eigenvalue weighted by Gasteiger charge is -2.10. The third-order valence-electron chi connectivity index (χ3n) is 4.51. The first-order chi connectivity index (χ1) is 14.5. The molecule has 0 aliphatic carbocycles. The molecule has 0 saturated carbocycles. The molecule has 30 heavy (non-hydrogen) atoms. The molecular weight excluding hydrogens is 420 g/mol. The number of fused-ring (bicyclic) bond motifs is 1. The first kappa shape index (κ1) is 20.1. The van der Waals surface area contributed by atoms with E-state index in [2.05, 4.69) is 20.0 Å². The van der Waals surface area contributed by atoms with Gasteiger partial charge in [0.25, 0.3) is 5.91 Å². The van der Waals surface area contributed by atoms with Gasteiger partial charge in [-0.2, -0.15) is 0 Å². The van der Waals surface area contributed by atoms with Crippen molar-refractivity contribution < 1.29 is 13.2 Å². The highest BCUT2D eigenvalue weighted by Gasteiger charge is 2.16. The van der Waals surface area contributed by atoms with Gasteiger partial charge in [-0.3, -0.25) is 9.78 Å². The third-order valence-corrected chi connectivity index (χ3v) is 7.50. The Morgan fingerprint density at radius 2 is 1.93 bits per heavy atom. The van der Waals surface area contributed by atoms with E-state index in [1.165, 1.54) is 13.1 Å². The summed E-state index contributed by atoms with van der Waals surface area (Å²) in [5, 5.41) is 3.62. The second-order valence-electron chi connectivity index (χ2n) is 6.42. The molecule has 4 rings (SSSR count). The zero-order chi connectivity index (χ0) is 21.1. The van der Waals surface area contributed by atoms with E-state index in [0.29, 0.717) is 16.8 Å². The number of thiophene rings is 1. The summed E-state index contributed by atoms with van der Waals surface area (Å²) in [4.78, 5) is 22.5. The van der Waals surface area contributed by atoms with Crippen LogP contribution >= 0.6 is 11.3 Å². The highest BCUT2D eigenvalue weighted by molar-refractivity contribution is 7.91. The van der Waals surface area contributed by atoms with Crippen molar-refractivity contribution in [1.82, 2.24) is 20.0 Å². The fourth-order valence-electron chi connectivity index (χ4n) is 2.99. The van der Waals surface area contributed by atoms with E-state index in [-0.39, 0.29) is 16.7 Å². The molecule has 4 aromatic rings. The molecule has 0 aliphatic rings. The van der Waals surface area contributed by atoms with Crippen molar-refractivity contribution in [2.75, 3.05) is 7.05 Å². The first-order valence-corrected chi connectivity index (χ1v) is 11.4. The van der Waals surface area contributed by atoms with Gasteiger partial charge in [-0.25, -0.2) is 18.1 Å². The van der Waals surface area contributed by atoms with E-state index >= 15 is 0 Å². The number of hydrogen-bond acceptors (Lipinski definition) is 6. The lowest BCUT2D eigenvalue weighted by molar-refractivity contribution is 0.0953. The molecule has 152 valence electrons. The quantitative estimate of drug-likeness (QED) is 0.481. The second kappa shape index (κ2) is 8.31. The third kappa shape index (κ3) is 4.09. The molecule has 3 heterocycles. The predicted molar refractivity (Wildman–Crippen MR) is 117 cm³/mol. The molecule has 1 aromatic carbocycles. The summed E-state index contributed by atoms with van der Waals surface area (Å²) >= 11 is 1.12. The fourth-order valence-corrected chi connectivity index (χ4v) is 5.12. The average Bonchev–Trinajstić information content (AvgIpc) is 3.27. The van der Waals surface area contributed by atoms with Gasteiger partial charge >= 0.3 is 0 Å². The van der Waals surface area contributed by atoms with Gasteiger partial charge in [0.15, 0.2) is 0 Å². The number of para-hydroxylation sites is 1. The van der Waals surface area contributed by atoms with Crippen LogP contribution in [-0.4, -0.2) is 31.3 Å². The van der Waals surface area contributed by atoms with Crippen LogP contribution in [0, 0.1) is 0 Å². The molecule has 1 amide bonds. The molecule has 0 radical (unpaired) electrons. The number of carbonyl (C=O) groups excluding carboxylic acids is 1. The van der Waals surface area contributed by atoms with Crippen LogP contribution in [0.5, 0.6) is 0 Å². The number of benzene rings is 1. The normalized spacial score (nSPS) is 11.5. The SMILES string of the molecule is CNS(=O)(=O)c1ccc(CNC(=O)c2cc(-c3cccnc3)nc3ccccc23)s1. The number of pyridine rings is 2. The van der Waals surface area contributed by atoms with Gasteiger partial charge in [-0.05, 0) is 43.4 Å². The molecule has 0 aliphatic heterocycles. The largest absolute Gasteiger partial charge is 0.347 e. The maximum atomic E-state index is 13.0. The number of aromatic nitrogens is 2. The van der Waals surface area contributed by atoms with Crippen LogP contribution in [0.25, 0.3) is 22.2 Å². The summed E-state index contributed by atoms with van der Waals surface area (Å²) in [5.74, 6) is -0.259. The number of sulfonamides is 1. The van der Waals surface area contributed by atoms with Crippen LogP contribution in [0.3, 0.4) is 0 Å². The van der Waals surface area contributed by atoms with Gasteiger partial charge in [-0.1, -0.05) is 18.2 Å². The van der Waals surface area contributed by atoms with Crippen molar-refractivity contribution in [3.05, 3.63) is 77.4 Å². The molecule has 0 unspecified atom stereocenters. The van der Waals surface area contributed by atoms with Crippen LogP contribution in [0.15, 0.2) is 71.2 Å². The molecule has 0 spiro atoms. The van der Waals surface area contributed by atoms with Crippen molar-refractivity contribution in [1.29, 1.82) is 0 Å². The Morgan fingerprint density at radius 3 is 2.70 bits per heavy atom. The number of rotatable bonds is 6. The van der Waals surface area contributed by atoms with Crippen LogP contribution < -0.4 is 10.0 Å². The maximum Gasteiger partial charge on any atom is 0.252 e. The van der Waals surface area contributed by atoms with E-state index in [1.807, 2.05) is 36.4 Å². The first-order valence-electron chi connectivity index (χ1n) is 9.08. The monoisotopic (exact) mass is 438 g/mol. The Bertz CT molecular complexity index is 1320. The van der Waals surface area contributed by atoms with Crippen LogP contribution in [0.4, 0.5) is 0 Å².